The molecule has 0 aromatic heterocycles. The van der Waals surface area contributed by atoms with E-state index >= 15 is 0 Å². The molecule has 102 valence electrons. The lowest BCUT2D eigenvalue weighted by atomic mass is 10.0. The number of rotatable bonds is 2. The summed E-state index contributed by atoms with van der Waals surface area (Å²) in [6.45, 7) is 2.09. The highest BCUT2D eigenvalue weighted by Gasteiger charge is 2.31. The molecular weight excluding hydrogens is 330 g/mol. The molecule has 2 aliphatic heterocycles. The van der Waals surface area contributed by atoms with Crippen molar-refractivity contribution in [2.75, 3.05) is 5.32 Å². The molecule has 3 rings (SSSR count). The number of alkyl halides is 1. The van der Waals surface area contributed by atoms with Gasteiger partial charge in [0.2, 0.25) is 5.91 Å². The van der Waals surface area contributed by atoms with Crippen LogP contribution in [-0.4, -0.2) is 18.1 Å². The molecule has 3 nitrogen and oxygen atoms in total. The van der Waals surface area contributed by atoms with E-state index in [0.29, 0.717) is 17.5 Å². The van der Waals surface area contributed by atoms with Crippen molar-refractivity contribution < 1.29 is 9.53 Å². The fraction of sp³-hybridized carbons (Fsp3) is 0.500. The summed E-state index contributed by atoms with van der Waals surface area (Å²) in [7, 11) is 0. The van der Waals surface area contributed by atoms with E-state index < -0.39 is 0 Å². The van der Waals surface area contributed by atoms with Gasteiger partial charge in [-0.1, -0.05) is 33.6 Å². The molecule has 1 saturated heterocycles. The summed E-state index contributed by atoms with van der Waals surface area (Å²) in [5.41, 5.74) is 2.86. The van der Waals surface area contributed by atoms with Crippen molar-refractivity contribution in [2.24, 2.45) is 0 Å². The summed E-state index contributed by atoms with van der Waals surface area (Å²) in [6.07, 6.45) is 3.00. The Balaban J connectivity index is 1.89. The number of carbonyl (C=O) groups excluding carboxylic acids is 1. The van der Waals surface area contributed by atoms with Crippen LogP contribution < -0.4 is 5.32 Å². The maximum Gasteiger partial charge on any atom is 0.228 e. The first-order valence-corrected chi connectivity index (χ1v) is 7.75. The molecule has 19 heavy (non-hydrogen) atoms. The molecule has 1 amide bonds. The molecule has 1 fully saturated rings. The standard InChI is InChI=1S/C14H15BrClNO2/c1-7-2-3-12(19-7)14(15)9-4-8-5-13(18)17-11(8)6-10(9)16/h4,6-7,12,14H,2-3,5H2,1H3,(H,17,18). The first-order chi connectivity index (χ1) is 9.04. The molecule has 0 bridgehead atoms. The first kappa shape index (κ1) is 13.4. The minimum atomic E-state index is 0.0278. The summed E-state index contributed by atoms with van der Waals surface area (Å²) in [5, 5.41) is 3.48. The first-order valence-electron chi connectivity index (χ1n) is 6.46. The number of hydrogen-bond donors (Lipinski definition) is 1. The number of ether oxygens (including phenoxy) is 1. The van der Waals surface area contributed by atoms with Gasteiger partial charge in [0.25, 0.3) is 0 Å². The predicted octanol–water partition coefficient (Wildman–Crippen LogP) is 3.84. The minimum absolute atomic E-state index is 0.0278. The second kappa shape index (κ2) is 5.08. The molecule has 0 aliphatic carbocycles. The number of amides is 1. The second-order valence-electron chi connectivity index (χ2n) is 5.22. The molecule has 1 aromatic rings. The van der Waals surface area contributed by atoms with Gasteiger partial charge in [-0.3, -0.25) is 4.79 Å². The van der Waals surface area contributed by atoms with Gasteiger partial charge < -0.3 is 10.1 Å². The molecule has 1 aromatic carbocycles. The third-order valence-corrected chi connectivity index (χ3v) is 5.15. The number of hydrogen-bond acceptors (Lipinski definition) is 2. The maximum atomic E-state index is 11.4. The zero-order valence-electron chi connectivity index (χ0n) is 10.6. The average molecular weight is 345 g/mol. The van der Waals surface area contributed by atoms with Crippen LogP contribution in [0.2, 0.25) is 5.02 Å². The Kier molecular flexibility index (Phi) is 3.58. The van der Waals surface area contributed by atoms with Gasteiger partial charge in [0.1, 0.15) is 0 Å². The van der Waals surface area contributed by atoms with Crippen LogP contribution in [0.1, 0.15) is 35.7 Å². The number of carbonyl (C=O) groups is 1. The zero-order chi connectivity index (χ0) is 13.6. The highest BCUT2D eigenvalue weighted by Crippen LogP contribution is 2.41. The van der Waals surface area contributed by atoms with E-state index in [4.69, 9.17) is 16.3 Å². The van der Waals surface area contributed by atoms with Gasteiger partial charge in [0.15, 0.2) is 0 Å². The van der Waals surface area contributed by atoms with E-state index in [2.05, 4.69) is 28.2 Å². The quantitative estimate of drug-likeness (QED) is 0.828. The van der Waals surface area contributed by atoms with Gasteiger partial charge >= 0.3 is 0 Å². The Morgan fingerprint density at radius 2 is 2.26 bits per heavy atom. The Bertz CT molecular complexity index is 534. The molecule has 5 heteroatoms. The fourth-order valence-electron chi connectivity index (χ4n) is 2.73. The molecule has 3 atom stereocenters. The van der Waals surface area contributed by atoms with Crippen LogP contribution in [0.25, 0.3) is 0 Å². The monoisotopic (exact) mass is 343 g/mol. The molecule has 0 saturated carbocycles. The highest BCUT2D eigenvalue weighted by atomic mass is 79.9. The van der Waals surface area contributed by atoms with Crippen LogP contribution in [0, 0.1) is 0 Å². The van der Waals surface area contributed by atoms with Crippen LogP contribution in [-0.2, 0) is 16.0 Å². The Morgan fingerprint density at radius 1 is 1.47 bits per heavy atom. The lowest BCUT2D eigenvalue weighted by Crippen LogP contribution is -2.14. The van der Waals surface area contributed by atoms with Crippen molar-refractivity contribution in [3.8, 4) is 0 Å². The number of anilines is 1. The van der Waals surface area contributed by atoms with Crippen LogP contribution in [0.3, 0.4) is 0 Å². The van der Waals surface area contributed by atoms with Crippen LogP contribution >= 0.6 is 27.5 Å². The highest BCUT2D eigenvalue weighted by molar-refractivity contribution is 9.09. The third-order valence-electron chi connectivity index (χ3n) is 3.74. The average Bonchev–Trinajstić information content (AvgIpc) is 2.92. The lowest BCUT2D eigenvalue weighted by molar-refractivity contribution is -0.115. The molecule has 2 heterocycles. The van der Waals surface area contributed by atoms with Crippen LogP contribution in [0.15, 0.2) is 12.1 Å². The number of fused-ring (bicyclic) bond motifs is 1. The van der Waals surface area contributed by atoms with E-state index in [1.807, 2.05) is 12.1 Å². The number of halogens is 2. The fourth-order valence-corrected chi connectivity index (χ4v) is 3.91. The van der Waals surface area contributed by atoms with E-state index in [1.54, 1.807) is 0 Å². The van der Waals surface area contributed by atoms with Crippen molar-refractivity contribution in [3.05, 3.63) is 28.3 Å². The van der Waals surface area contributed by atoms with Gasteiger partial charge in [-0.2, -0.15) is 0 Å². The van der Waals surface area contributed by atoms with E-state index in [0.717, 1.165) is 29.7 Å². The Morgan fingerprint density at radius 3 is 2.95 bits per heavy atom. The Labute approximate surface area is 125 Å². The van der Waals surface area contributed by atoms with Crippen LogP contribution in [0.5, 0.6) is 0 Å². The zero-order valence-corrected chi connectivity index (χ0v) is 12.9. The second-order valence-corrected chi connectivity index (χ2v) is 6.61. The van der Waals surface area contributed by atoms with Gasteiger partial charge in [0.05, 0.1) is 23.5 Å². The van der Waals surface area contributed by atoms with E-state index in [-0.39, 0.29) is 16.8 Å². The molecule has 0 radical (unpaired) electrons. The van der Waals surface area contributed by atoms with Gasteiger partial charge in [-0.05, 0) is 37.0 Å². The largest absolute Gasteiger partial charge is 0.374 e. The van der Waals surface area contributed by atoms with Crippen molar-refractivity contribution in [1.29, 1.82) is 0 Å². The lowest BCUT2D eigenvalue weighted by Gasteiger charge is -2.20. The summed E-state index contributed by atoms with van der Waals surface area (Å²) < 4.78 is 5.88. The smallest absolute Gasteiger partial charge is 0.228 e. The molecule has 3 unspecified atom stereocenters. The van der Waals surface area contributed by atoms with Gasteiger partial charge in [-0.15, -0.1) is 0 Å². The molecule has 0 spiro atoms. The summed E-state index contributed by atoms with van der Waals surface area (Å²) in [4.78, 5) is 11.5. The predicted molar refractivity (Wildman–Crippen MR) is 79.0 cm³/mol. The Hall–Kier alpha value is -0.580. The molecule has 2 aliphatic rings. The van der Waals surface area contributed by atoms with E-state index in [9.17, 15) is 4.79 Å². The topological polar surface area (TPSA) is 38.3 Å². The summed E-state index contributed by atoms with van der Waals surface area (Å²) in [5.74, 6) is 0.0278. The third kappa shape index (κ3) is 2.54. The maximum absolute atomic E-state index is 11.4. The minimum Gasteiger partial charge on any atom is -0.374 e. The SMILES string of the molecule is CC1CCC(C(Br)c2cc3c(cc2Cl)NC(=O)C3)O1. The number of benzene rings is 1. The van der Waals surface area contributed by atoms with Crippen molar-refractivity contribution in [3.63, 3.8) is 0 Å². The van der Waals surface area contributed by atoms with Gasteiger partial charge in [0, 0.05) is 10.7 Å². The van der Waals surface area contributed by atoms with E-state index in [1.165, 1.54) is 0 Å². The summed E-state index contributed by atoms with van der Waals surface area (Å²) in [6, 6.07) is 3.85. The van der Waals surface area contributed by atoms with Crippen molar-refractivity contribution in [2.45, 2.75) is 43.2 Å². The van der Waals surface area contributed by atoms with Crippen molar-refractivity contribution >= 4 is 39.1 Å². The normalized spacial score (nSPS) is 27.2. The van der Waals surface area contributed by atoms with Gasteiger partial charge in [-0.25, -0.2) is 0 Å². The summed E-state index contributed by atoms with van der Waals surface area (Å²) >= 11 is 10.0. The molecule has 1 N–H and O–H groups in total. The number of nitrogens with one attached hydrogen (secondary N) is 1. The molecular formula is C14H15BrClNO2. The van der Waals surface area contributed by atoms with Crippen LogP contribution in [0.4, 0.5) is 5.69 Å². The van der Waals surface area contributed by atoms with Crippen molar-refractivity contribution in [1.82, 2.24) is 0 Å².